The molecule has 2 aliphatic rings. The number of hydrogen-bond donors (Lipinski definition) is 1. The van der Waals surface area contributed by atoms with Crippen molar-refractivity contribution >= 4 is 9.84 Å². The predicted molar refractivity (Wildman–Crippen MR) is 79.1 cm³/mol. The molecule has 1 N–H and O–H groups in total. The highest BCUT2D eigenvalue weighted by Gasteiger charge is 2.31. The lowest BCUT2D eigenvalue weighted by Crippen LogP contribution is -2.48. The van der Waals surface area contributed by atoms with Gasteiger partial charge < -0.3 is 10.2 Å². The van der Waals surface area contributed by atoms with Crippen LogP contribution in [0.25, 0.3) is 0 Å². The van der Waals surface area contributed by atoms with E-state index >= 15 is 0 Å². The fourth-order valence-corrected chi connectivity index (χ4v) is 4.86. The summed E-state index contributed by atoms with van der Waals surface area (Å²) in [6.45, 7) is 4.81. The normalized spacial score (nSPS) is 36.2. The molecule has 4 nitrogen and oxygen atoms in total. The quantitative estimate of drug-likeness (QED) is 0.842. The Hall–Kier alpha value is -0.130. The van der Waals surface area contributed by atoms with Gasteiger partial charge in [0.25, 0.3) is 0 Å². The van der Waals surface area contributed by atoms with Crippen LogP contribution in [-0.2, 0) is 9.84 Å². The highest BCUT2D eigenvalue weighted by atomic mass is 32.2. The SMILES string of the molecule is CCC1CCC(NC)C(CN2CCS(=O)(=O)CC2)C1. The molecule has 112 valence electrons. The lowest BCUT2D eigenvalue weighted by molar-refractivity contribution is 0.147. The standard InChI is InChI=1S/C14H28N2O2S/c1-3-12-4-5-14(15-2)13(10-12)11-16-6-8-19(17,18)9-7-16/h12-15H,3-11H2,1-2H3. The summed E-state index contributed by atoms with van der Waals surface area (Å²) in [6.07, 6.45) is 5.19. The average molecular weight is 288 g/mol. The van der Waals surface area contributed by atoms with Crippen LogP contribution < -0.4 is 5.32 Å². The largest absolute Gasteiger partial charge is 0.317 e. The third-order valence-electron chi connectivity index (χ3n) is 4.97. The van der Waals surface area contributed by atoms with Gasteiger partial charge in [-0.15, -0.1) is 0 Å². The fourth-order valence-electron chi connectivity index (χ4n) is 3.58. The molecular weight excluding hydrogens is 260 g/mol. The van der Waals surface area contributed by atoms with Crippen LogP contribution in [0.5, 0.6) is 0 Å². The number of nitrogens with zero attached hydrogens (tertiary/aromatic N) is 1. The van der Waals surface area contributed by atoms with Gasteiger partial charge in [0, 0.05) is 25.7 Å². The molecular formula is C14H28N2O2S. The average Bonchev–Trinajstić information content (AvgIpc) is 2.41. The summed E-state index contributed by atoms with van der Waals surface area (Å²) in [7, 11) is -0.688. The van der Waals surface area contributed by atoms with Gasteiger partial charge in [-0.25, -0.2) is 8.42 Å². The molecule has 19 heavy (non-hydrogen) atoms. The second kappa shape index (κ2) is 6.55. The molecule has 2 rings (SSSR count). The Bertz CT molecular complexity index is 369. The molecule has 0 amide bonds. The number of nitrogens with one attached hydrogen (secondary N) is 1. The molecule has 1 aliphatic heterocycles. The van der Waals surface area contributed by atoms with Gasteiger partial charge in [-0.2, -0.15) is 0 Å². The van der Waals surface area contributed by atoms with E-state index in [1.54, 1.807) is 0 Å². The van der Waals surface area contributed by atoms with E-state index in [2.05, 4.69) is 24.2 Å². The molecule has 1 saturated carbocycles. The molecule has 1 heterocycles. The molecule has 0 bridgehead atoms. The maximum absolute atomic E-state index is 11.5. The topological polar surface area (TPSA) is 49.4 Å². The van der Waals surface area contributed by atoms with Crippen molar-refractivity contribution in [2.75, 3.05) is 38.2 Å². The monoisotopic (exact) mass is 288 g/mol. The summed E-state index contributed by atoms with van der Waals surface area (Å²) in [5.74, 6) is 2.25. The predicted octanol–water partition coefficient (Wildman–Crippen LogP) is 1.13. The highest BCUT2D eigenvalue weighted by Crippen LogP contribution is 2.32. The van der Waals surface area contributed by atoms with Gasteiger partial charge in [0.2, 0.25) is 0 Å². The van der Waals surface area contributed by atoms with Gasteiger partial charge in [-0.05, 0) is 38.1 Å². The van der Waals surface area contributed by atoms with E-state index in [0.29, 0.717) is 23.5 Å². The first kappa shape index (κ1) is 15.3. The van der Waals surface area contributed by atoms with Crippen LogP contribution in [0.15, 0.2) is 0 Å². The Balaban J connectivity index is 1.88. The van der Waals surface area contributed by atoms with Gasteiger partial charge in [0.05, 0.1) is 11.5 Å². The van der Waals surface area contributed by atoms with E-state index in [4.69, 9.17) is 0 Å². The van der Waals surface area contributed by atoms with E-state index < -0.39 is 9.84 Å². The van der Waals surface area contributed by atoms with Crippen molar-refractivity contribution in [1.82, 2.24) is 10.2 Å². The zero-order chi connectivity index (χ0) is 13.9. The molecule has 2 fully saturated rings. The van der Waals surface area contributed by atoms with Crippen molar-refractivity contribution < 1.29 is 8.42 Å². The minimum absolute atomic E-state index is 0.348. The van der Waals surface area contributed by atoms with Crippen LogP contribution in [0, 0.1) is 11.8 Å². The van der Waals surface area contributed by atoms with Gasteiger partial charge in [0.1, 0.15) is 0 Å². The van der Waals surface area contributed by atoms with Crippen LogP contribution in [0.2, 0.25) is 0 Å². The Kier molecular flexibility index (Phi) is 5.26. The number of sulfone groups is 1. The molecule has 3 atom stereocenters. The van der Waals surface area contributed by atoms with E-state index in [-0.39, 0.29) is 0 Å². The summed E-state index contributed by atoms with van der Waals surface area (Å²) < 4.78 is 22.9. The maximum atomic E-state index is 11.5. The lowest BCUT2D eigenvalue weighted by atomic mass is 9.76. The van der Waals surface area contributed by atoms with Gasteiger partial charge in [-0.1, -0.05) is 13.3 Å². The first-order chi connectivity index (χ1) is 9.04. The van der Waals surface area contributed by atoms with Crippen LogP contribution in [0.3, 0.4) is 0 Å². The molecule has 0 aromatic rings. The number of rotatable bonds is 4. The molecule has 1 saturated heterocycles. The second-order valence-electron chi connectivity index (χ2n) is 6.20. The third-order valence-corrected chi connectivity index (χ3v) is 6.58. The van der Waals surface area contributed by atoms with E-state index in [9.17, 15) is 8.42 Å². The van der Waals surface area contributed by atoms with Crippen LogP contribution in [0.4, 0.5) is 0 Å². The van der Waals surface area contributed by atoms with Crippen molar-refractivity contribution in [1.29, 1.82) is 0 Å². The Morgan fingerprint density at radius 2 is 1.89 bits per heavy atom. The smallest absolute Gasteiger partial charge is 0.152 e. The number of hydrogen-bond acceptors (Lipinski definition) is 4. The second-order valence-corrected chi connectivity index (χ2v) is 8.50. The van der Waals surface area contributed by atoms with E-state index in [0.717, 1.165) is 25.6 Å². The summed E-state index contributed by atoms with van der Waals surface area (Å²) in [5, 5.41) is 3.46. The van der Waals surface area contributed by atoms with Crippen LogP contribution in [-0.4, -0.2) is 57.5 Å². The summed E-state index contributed by atoms with van der Waals surface area (Å²) >= 11 is 0. The first-order valence-electron chi connectivity index (χ1n) is 7.64. The molecule has 3 unspecified atom stereocenters. The maximum Gasteiger partial charge on any atom is 0.152 e. The minimum Gasteiger partial charge on any atom is -0.317 e. The van der Waals surface area contributed by atoms with Gasteiger partial charge in [-0.3, -0.25) is 0 Å². The molecule has 0 aromatic heterocycles. The molecule has 0 radical (unpaired) electrons. The summed E-state index contributed by atoms with van der Waals surface area (Å²) in [6, 6.07) is 0.612. The highest BCUT2D eigenvalue weighted by molar-refractivity contribution is 7.91. The summed E-state index contributed by atoms with van der Waals surface area (Å²) in [5.41, 5.74) is 0. The van der Waals surface area contributed by atoms with Crippen LogP contribution in [0.1, 0.15) is 32.6 Å². The summed E-state index contributed by atoms with van der Waals surface area (Å²) in [4.78, 5) is 2.36. The van der Waals surface area contributed by atoms with Crippen molar-refractivity contribution in [3.8, 4) is 0 Å². The van der Waals surface area contributed by atoms with Crippen molar-refractivity contribution in [3.63, 3.8) is 0 Å². The van der Waals surface area contributed by atoms with Crippen molar-refractivity contribution in [2.24, 2.45) is 11.8 Å². The molecule has 1 aliphatic carbocycles. The van der Waals surface area contributed by atoms with Crippen molar-refractivity contribution in [3.05, 3.63) is 0 Å². The van der Waals surface area contributed by atoms with Gasteiger partial charge >= 0.3 is 0 Å². The lowest BCUT2D eigenvalue weighted by Gasteiger charge is -2.39. The van der Waals surface area contributed by atoms with E-state index in [1.807, 2.05) is 0 Å². The fraction of sp³-hybridized carbons (Fsp3) is 1.00. The zero-order valence-electron chi connectivity index (χ0n) is 12.3. The first-order valence-corrected chi connectivity index (χ1v) is 9.46. The molecule has 0 aromatic carbocycles. The van der Waals surface area contributed by atoms with Gasteiger partial charge in [0.15, 0.2) is 9.84 Å². The van der Waals surface area contributed by atoms with E-state index in [1.165, 1.54) is 25.7 Å². The Morgan fingerprint density at radius 1 is 1.21 bits per heavy atom. The van der Waals surface area contributed by atoms with Crippen LogP contribution >= 0.6 is 0 Å². The zero-order valence-corrected chi connectivity index (χ0v) is 13.1. The third kappa shape index (κ3) is 4.17. The Labute approximate surface area is 117 Å². The Morgan fingerprint density at radius 3 is 2.47 bits per heavy atom. The minimum atomic E-state index is -2.75. The molecule has 5 heteroatoms. The molecule has 0 spiro atoms. The van der Waals surface area contributed by atoms with Crippen molar-refractivity contribution in [2.45, 2.75) is 38.6 Å².